The molecule has 0 radical (unpaired) electrons. The molecule has 1 heterocycles. The number of nitrogens with zero attached hydrogens (tertiary/aromatic N) is 1. The Bertz CT molecular complexity index is 874. The van der Waals surface area contributed by atoms with E-state index in [-0.39, 0.29) is 5.91 Å². The highest BCUT2D eigenvalue weighted by Gasteiger charge is 2.07. The fourth-order valence-corrected chi connectivity index (χ4v) is 2.86. The van der Waals surface area contributed by atoms with Gasteiger partial charge >= 0.3 is 0 Å². The Morgan fingerprint density at radius 2 is 1.81 bits per heavy atom. The van der Waals surface area contributed by atoms with Crippen LogP contribution < -0.4 is 10.6 Å². The van der Waals surface area contributed by atoms with Gasteiger partial charge in [-0.1, -0.05) is 55.5 Å². The van der Waals surface area contributed by atoms with Gasteiger partial charge in [-0.15, -0.1) is 0 Å². The summed E-state index contributed by atoms with van der Waals surface area (Å²) in [7, 11) is 0. The summed E-state index contributed by atoms with van der Waals surface area (Å²) < 4.78 is 0. The second kappa shape index (κ2) is 8.30. The molecule has 4 nitrogen and oxygen atoms in total. The second-order valence-electron chi connectivity index (χ2n) is 6.23. The number of anilines is 3. The number of para-hydroxylation sites is 1. The lowest BCUT2D eigenvalue weighted by Gasteiger charge is -2.13. The zero-order valence-electron chi connectivity index (χ0n) is 15.1. The minimum absolute atomic E-state index is 0.0501. The van der Waals surface area contributed by atoms with E-state index in [1.807, 2.05) is 42.5 Å². The van der Waals surface area contributed by atoms with Gasteiger partial charge in [-0.25, -0.2) is 4.98 Å². The van der Waals surface area contributed by atoms with E-state index < -0.39 is 0 Å². The van der Waals surface area contributed by atoms with E-state index in [9.17, 15) is 4.79 Å². The molecule has 26 heavy (non-hydrogen) atoms. The van der Waals surface area contributed by atoms with Crippen molar-refractivity contribution < 1.29 is 4.79 Å². The zero-order chi connectivity index (χ0) is 18.4. The van der Waals surface area contributed by atoms with Crippen LogP contribution in [0.1, 0.15) is 23.6 Å². The van der Waals surface area contributed by atoms with Gasteiger partial charge < -0.3 is 10.6 Å². The number of amides is 1. The van der Waals surface area contributed by atoms with E-state index in [0.717, 1.165) is 23.5 Å². The molecule has 2 N–H and O–H groups in total. The molecule has 0 bridgehead atoms. The van der Waals surface area contributed by atoms with Gasteiger partial charge in [-0.2, -0.15) is 0 Å². The van der Waals surface area contributed by atoms with Gasteiger partial charge in [0.1, 0.15) is 5.82 Å². The third-order valence-corrected chi connectivity index (χ3v) is 4.25. The minimum Gasteiger partial charge on any atom is -0.340 e. The summed E-state index contributed by atoms with van der Waals surface area (Å²) in [6, 6.07) is 19.7. The summed E-state index contributed by atoms with van der Waals surface area (Å²) in [6.45, 7) is 4.22. The maximum Gasteiger partial charge on any atom is 0.228 e. The number of hydrogen-bond donors (Lipinski definition) is 2. The predicted octanol–water partition coefficient (Wildman–Crippen LogP) is 4.88. The molecule has 1 amide bonds. The van der Waals surface area contributed by atoms with Gasteiger partial charge in [0, 0.05) is 5.69 Å². The van der Waals surface area contributed by atoms with Gasteiger partial charge in [0.25, 0.3) is 0 Å². The van der Waals surface area contributed by atoms with Crippen molar-refractivity contribution in [2.24, 2.45) is 0 Å². The van der Waals surface area contributed by atoms with E-state index in [1.165, 1.54) is 11.1 Å². The van der Waals surface area contributed by atoms with Crippen molar-refractivity contribution in [3.63, 3.8) is 0 Å². The smallest absolute Gasteiger partial charge is 0.228 e. The average Bonchev–Trinajstić information content (AvgIpc) is 2.65. The van der Waals surface area contributed by atoms with Crippen LogP contribution in [-0.2, 0) is 17.6 Å². The lowest BCUT2D eigenvalue weighted by Crippen LogP contribution is -2.14. The first-order valence-electron chi connectivity index (χ1n) is 8.81. The first-order valence-corrected chi connectivity index (χ1v) is 8.81. The average molecular weight is 345 g/mol. The molecule has 0 unspecified atom stereocenters. The highest BCUT2D eigenvalue weighted by atomic mass is 16.1. The maximum absolute atomic E-state index is 12.1. The summed E-state index contributed by atoms with van der Waals surface area (Å²) >= 11 is 0. The molecule has 1 aromatic heterocycles. The number of rotatable bonds is 6. The highest BCUT2D eigenvalue weighted by Crippen LogP contribution is 2.25. The van der Waals surface area contributed by atoms with Crippen molar-refractivity contribution in [1.29, 1.82) is 0 Å². The van der Waals surface area contributed by atoms with Crippen LogP contribution in [0.4, 0.5) is 17.2 Å². The topological polar surface area (TPSA) is 54.0 Å². The zero-order valence-corrected chi connectivity index (χ0v) is 15.1. The number of carbonyl (C=O) groups excluding carboxylic acids is 1. The Labute approximate surface area is 154 Å². The van der Waals surface area contributed by atoms with Crippen LogP contribution in [0.15, 0.2) is 66.9 Å². The molecule has 2 aromatic carbocycles. The lowest BCUT2D eigenvalue weighted by atomic mass is 10.1. The second-order valence-corrected chi connectivity index (χ2v) is 6.23. The molecular formula is C22H23N3O. The third-order valence-electron chi connectivity index (χ3n) is 4.25. The van der Waals surface area contributed by atoms with Gasteiger partial charge in [0.2, 0.25) is 5.91 Å². The fourth-order valence-electron chi connectivity index (χ4n) is 2.86. The van der Waals surface area contributed by atoms with E-state index in [4.69, 9.17) is 0 Å². The molecule has 0 aliphatic rings. The van der Waals surface area contributed by atoms with Crippen LogP contribution in [0, 0.1) is 6.92 Å². The Morgan fingerprint density at radius 3 is 2.50 bits per heavy atom. The monoisotopic (exact) mass is 345 g/mol. The van der Waals surface area contributed by atoms with E-state index in [0.29, 0.717) is 12.1 Å². The number of hydrogen-bond acceptors (Lipinski definition) is 3. The summed E-state index contributed by atoms with van der Waals surface area (Å²) in [4.78, 5) is 16.6. The summed E-state index contributed by atoms with van der Waals surface area (Å²) in [5.74, 6) is 0.709. The molecule has 0 aliphatic carbocycles. The van der Waals surface area contributed by atoms with Crippen molar-refractivity contribution in [3.8, 4) is 0 Å². The maximum atomic E-state index is 12.1. The quantitative estimate of drug-likeness (QED) is 0.669. The molecule has 3 aromatic rings. The van der Waals surface area contributed by atoms with E-state index in [2.05, 4.69) is 47.7 Å². The van der Waals surface area contributed by atoms with Gasteiger partial charge in [0.05, 0.1) is 18.3 Å². The first-order chi connectivity index (χ1) is 12.7. The number of aromatic nitrogens is 1. The van der Waals surface area contributed by atoms with Crippen LogP contribution in [-0.4, -0.2) is 10.9 Å². The standard InChI is InChI=1S/C22H23N3O/c1-3-18-11-7-8-16(2)22(18)25-20-13-12-19(15-23-20)24-21(26)14-17-9-5-4-6-10-17/h4-13,15H,3,14H2,1-2H3,(H,23,25)(H,24,26). The van der Waals surface area contributed by atoms with Crippen molar-refractivity contribution in [3.05, 3.63) is 83.6 Å². The number of aryl methyl sites for hydroxylation is 2. The van der Waals surface area contributed by atoms with Gasteiger partial charge in [-0.05, 0) is 42.2 Å². The molecule has 4 heteroatoms. The third kappa shape index (κ3) is 4.48. The Balaban J connectivity index is 1.65. The number of pyridine rings is 1. The van der Waals surface area contributed by atoms with E-state index >= 15 is 0 Å². The first kappa shape index (κ1) is 17.7. The van der Waals surface area contributed by atoms with E-state index in [1.54, 1.807) is 6.20 Å². The molecule has 0 spiro atoms. The summed E-state index contributed by atoms with van der Waals surface area (Å²) in [5, 5.41) is 6.27. The van der Waals surface area contributed by atoms with Crippen LogP contribution >= 0.6 is 0 Å². The summed E-state index contributed by atoms with van der Waals surface area (Å²) in [5.41, 5.74) is 5.22. The number of benzene rings is 2. The molecule has 132 valence electrons. The molecule has 3 rings (SSSR count). The van der Waals surface area contributed by atoms with Crippen LogP contribution in [0.25, 0.3) is 0 Å². The van der Waals surface area contributed by atoms with Crippen LogP contribution in [0.3, 0.4) is 0 Å². The normalized spacial score (nSPS) is 10.4. The number of nitrogens with one attached hydrogen (secondary N) is 2. The molecule has 0 aliphatic heterocycles. The predicted molar refractivity (Wildman–Crippen MR) is 107 cm³/mol. The SMILES string of the molecule is CCc1cccc(C)c1Nc1ccc(NC(=O)Cc2ccccc2)cn1. The van der Waals surface area contributed by atoms with Crippen molar-refractivity contribution in [2.45, 2.75) is 26.7 Å². The van der Waals surface area contributed by atoms with Gasteiger partial charge in [0.15, 0.2) is 0 Å². The van der Waals surface area contributed by atoms with Gasteiger partial charge in [-0.3, -0.25) is 4.79 Å². The Morgan fingerprint density at radius 1 is 1.00 bits per heavy atom. The molecule has 0 saturated heterocycles. The van der Waals surface area contributed by atoms with Crippen LogP contribution in [0.5, 0.6) is 0 Å². The number of carbonyl (C=O) groups is 1. The lowest BCUT2D eigenvalue weighted by molar-refractivity contribution is -0.115. The minimum atomic E-state index is -0.0501. The Hall–Kier alpha value is -3.14. The van der Waals surface area contributed by atoms with Crippen molar-refractivity contribution in [2.75, 3.05) is 10.6 Å². The largest absolute Gasteiger partial charge is 0.340 e. The van der Waals surface area contributed by atoms with Crippen molar-refractivity contribution >= 4 is 23.1 Å². The highest BCUT2D eigenvalue weighted by molar-refractivity contribution is 5.92. The summed E-state index contributed by atoms with van der Waals surface area (Å²) in [6.07, 6.45) is 2.98. The molecule has 0 atom stereocenters. The Kier molecular flexibility index (Phi) is 5.64. The fraction of sp³-hybridized carbons (Fsp3) is 0.182. The molecule has 0 saturated carbocycles. The van der Waals surface area contributed by atoms with Crippen molar-refractivity contribution in [1.82, 2.24) is 4.98 Å². The molecular weight excluding hydrogens is 322 g/mol. The molecule has 0 fully saturated rings. The van der Waals surface area contributed by atoms with Crippen LogP contribution in [0.2, 0.25) is 0 Å².